The lowest BCUT2D eigenvalue weighted by Gasteiger charge is -2.34. The summed E-state index contributed by atoms with van der Waals surface area (Å²) < 4.78 is 0. The number of nitrogens with one attached hydrogen (secondary N) is 1. The van der Waals surface area contributed by atoms with Crippen LogP contribution in [0.3, 0.4) is 0 Å². The maximum Gasteiger partial charge on any atom is 0.238 e. The Morgan fingerprint density at radius 1 is 0.964 bits per heavy atom. The summed E-state index contributed by atoms with van der Waals surface area (Å²) >= 11 is 12.0. The Labute approximate surface area is 175 Å². The van der Waals surface area contributed by atoms with Crippen LogP contribution in [0.15, 0.2) is 42.5 Å². The monoisotopic (exact) mass is 419 g/mol. The molecule has 0 bridgehead atoms. The Kier molecular flexibility index (Phi) is 7.08. The van der Waals surface area contributed by atoms with Gasteiger partial charge in [0.15, 0.2) is 5.78 Å². The van der Waals surface area contributed by atoms with E-state index in [0.717, 1.165) is 38.3 Å². The normalized spacial score (nSPS) is 15.4. The number of carbonyl (C=O) groups excluding carboxylic acids is 2. The molecule has 148 valence electrons. The molecule has 0 radical (unpaired) electrons. The van der Waals surface area contributed by atoms with Crippen molar-refractivity contribution in [2.45, 2.75) is 13.5 Å². The molecule has 1 aliphatic heterocycles. The number of carbonyl (C=O) groups is 2. The van der Waals surface area contributed by atoms with Gasteiger partial charge in [-0.25, -0.2) is 0 Å². The van der Waals surface area contributed by atoms with E-state index in [1.54, 1.807) is 24.3 Å². The number of ketones is 1. The highest BCUT2D eigenvalue weighted by Gasteiger charge is 2.19. The number of nitrogens with zero attached hydrogens (tertiary/aromatic N) is 2. The molecule has 0 atom stereocenters. The zero-order valence-corrected chi connectivity index (χ0v) is 17.3. The van der Waals surface area contributed by atoms with Crippen molar-refractivity contribution in [2.75, 3.05) is 38.0 Å². The molecule has 0 spiro atoms. The van der Waals surface area contributed by atoms with Crippen molar-refractivity contribution >= 4 is 40.6 Å². The van der Waals surface area contributed by atoms with Gasteiger partial charge in [0, 0.05) is 44.0 Å². The van der Waals surface area contributed by atoms with E-state index in [-0.39, 0.29) is 11.7 Å². The Hall–Kier alpha value is -1.92. The van der Waals surface area contributed by atoms with Crippen LogP contribution in [-0.2, 0) is 11.3 Å². The number of rotatable bonds is 6. The number of Topliss-reactive ketones (excluding diaryl/α,β-unsaturated/α-hetero) is 1. The predicted octanol–water partition coefficient (Wildman–Crippen LogP) is 3.95. The minimum atomic E-state index is -0.0707. The third kappa shape index (κ3) is 5.79. The number of piperazine rings is 1. The first-order chi connectivity index (χ1) is 13.4. The lowest BCUT2D eigenvalue weighted by Crippen LogP contribution is -2.48. The molecule has 1 saturated heterocycles. The molecule has 1 N–H and O–H groups in total. The second kappa shape index (κ2) is 9.52. The molecule has 7 heteroatoms. The molecule has 28 heavy (non-hydrogen) atoms. The molecule has 0 aromatic heterocycles. The van der Waals surface area contributed by atoms with Gasteiger partial charge in [0.05, 0.1) is 16.6 Å². The van der Waals surface area contributed by atoms with Gasteiger partial charge in [-0.2, -0.15) is 0 Å². The molecule has 0 saturated carbocycles. The SMILES string of the molecule is CC(=O)c1cccc(NC(=O)CN2CCN(Cc3ccc(Cl)c(Cl)c3)CC2)c1. The Morgan fingerprint density at radius 3 is 2.36 bits per heavy atom. The predicted molar refractivity (Wildman–Crippen MR) is 113 cm³/mol. The number of amides is 1. The first-order valence-electron chi connectivity index (χ1n) is 9.20. The van der Waals surface area contributed by atoms with E-state index in [1.807, 2.05) is 18.2 Å². The van der Waals surface area contributed by atoms with Crippen molar-refractivity contribution in [1.82, 2.24) is 9.80 Å². The third-order valence-corrected chi connectivity index (χ3v) is 5.51. The summed E-state index contributed by atoms with van der Waals surface area (Å²) in [6, 6.07) is 12.7. The minimum Gasteiger partial charge on any atom is -0.325 e. The van der Waals surface area contributed by atoms with Crippen LogP contribution in [0.5, 0.6) is 0 Å². The van der Waals surface area contributed by atoms with Crippen molar-refractivity contribution in [2.24, 2.45) is 0 Å². The van der Waals surface area contributed by atoms with E-state index in [0.29, 0.717) is 27.8 Å². The lowest BCUT2D eigenvalue weighted by atomic mass is 10.1. The van der Waals surface area contributed by atoms with Crippen LogP contribution in [0.2, 0.25) is 10.0 Å². The molecular formula is C21H23Cl2N3O2. The minimum absolute atomic E-state index is 0.0193. The first-order valence-corrected chi connectivity index (χ1v) is 9.96. The molecular weight excluding hydrogens is 397 g/mol. The zero-order chi connectivity index (χ0) is 20.1. The lowest BCUT2D eigenvalue weighted by molar-refractivity contribution is -0.117. The van der Waals surface area contributed by atoms with Crippen LogP contribution in [0.4, 0.5) is 5.69 Å². The van der Waals surface area contributed by atoms with Gasteiger partial charge in [0.1, 0.15) is 0 Å². The summed E-state index contributed by atoms with van der Waals surface area (Å²) in [7, 11) is 0. The zero-order valence-electron chi connectivity index (χ0n) is 15.8. The molecule has 1 amide bonds. The summed E-state index contributed by atoms with van der Waals surface area (Å²) in [5.74, 6) is -0.0900. The molecule has 3 rings (SSSR count). The molecule has 2 aromatic carbocycles. The fourth-order valence-corrected chi connectivity index (χ4v) is 3.54. The van der Waals surface area contributed by atoms with Gasteiger partial charge in [-0.3, -0.25) is 19.4 Å². The number of hydrogen-bond donors (Lipinski definition) is 1. The van der Waals surface area contributed by atoms with Crippen molar-refractivity contribution in [3.63, 3.8) is 0 Å². The maximum atomic E-state index is 12.3. The molecule has 1 fully saturated rings. The average Bonchev–Trinajstić information content (AvgIpc) is 2.66. The molecule has 2 aromatic rings. The molecule has 0 unspecified atom stereocenters. The highest BCUT2D eigenvalue weighted by Crippen LogP contribution is 2.23. The number of hydrogen-bond acceptors (Lipinski definition) is 4. The highest BCUT2D eigenvalue weighted by molar-refractivity contribution is 6.42. The Balaban J connectivity index is 1.46. The Bertz CT molecular complexity index is 864. The topological polar surface area (TPSA) is 52.7 Å². The quantitative estimate of drug-likeness (QED) is 0.720. The standard InChI is InChI=1S/C21H23Cl2N3O2/c1-15(27)17-3-2-4-18(12-17)24-21(28)14-26-9-7-25(8-10-26)13-16-5-6-19(22)20(23)11-16/h2-6,11-12H,7-10,13-14H2,1H3,(H,24,28). The fraction of sp³-hybridized carbons (Fsp3) is 0.333. The van der Waals surface area contributed by atoms with Gasteiger partial charge in [-0.1, -0.05) is 41.4 Å². The first kappa shape index (κ1) is 20.8. The summed E-state index contributed by atoms with van der Waals surface area (Å²) in [5, 5.41) is 4.01. The molecule has 5 nitrogen and oxygen atoms in total. The highest BCUT2D eigenvalue weighted by atomic mass is 35.5. The van der Waals surface area contributed by atoms with E-state index < -0.39 is 0 Å². The largest absolute Gasteiger partial charge is 0.325 e. The van der Waals surface area contributed by atoms with Crippen LogP contribution in [-0.4, -0.2) is 54.2 Å². The fourth-order valence-electron chi connectivity index (χ4n) is 3.22. The molecule has 1 aliphatic rings. The number of anilines is 1. The van der Waals surface area contributed by atoms with Crippen LogP contribution in [0.25, 0.3) is 0 Å². The van der Waals surface area contributed by atoms with E-state index in [2.05, 4.69) is 15.1 Å². The van der Waals surface area contributed by atoms with Crippen molar-refractivity contribution in [1.29, 1.82) is 0 Å². The van der Waals surface area contributed by atoms with Crippen LogP contribution in [0.1, 0.15) is 22.8 Å². The second-order valence-electron chi connectivity index (χ2n) is 6.99. The second-order valence-corrected chi connectivity index (χ2v) is 7.80. The van der Waals surface area contributed by atoms with E-state index in [1.165, 1.54) is 6.92 Å². The van der Waals surface area contributed by atoms with Crippen LogP contribution < -0.4 is 5.32 Å². The van der Waals surface area contributed by atoms with Crippen molar-refractivity contribution in [3.8, 4) is 0 Å². The van der Waals surface area contributed by atoms with Gasteiger partial charge in [0.2, 0.25) is 5.91 Å². The third-order valence-electron chi connectivity index (χ3n) is 4.78. The summed E-state index contributed by atoms with van der Waals surface area (Å²) in [4.78, 5) is 28.3. The summed E-state index contributed by atoms with van der Waals surface area (Å²) in [6.45, 7) is 6.07. The summed E-state index contributed by atoms with van der Waals surface area (Å²) in [5.41, 5.74) is 2.37. The van der Waals surface area contributed by atoms with Crippen LogP contribution in [0, 0.1) is 0 Å². The number of halogens is 2. The van der Waals surface area contributed by atoms with Gasteiger partial charge in [-0.05, 0) is 36.8 Å². The number of benzene rings is 2. The average molecular weight is 420 g/mol. The van der Waals surface area contributed by atoms with E-state index in [9.17, 15) is 9.59 Å². The Morgan fingerprint density at radius 2 is 1.68 bits per heavy atom. The maximum absolute atomic E-state index is 12.3. The molecule has 0 aliphatic carbocycles. The smallest absolute Gasteiger partial charge is 0.238 e. The summed E-state index contributed by atoms with van der Waals surface area (Å²) in [6.07, 6.45) is 0. The van der Waals surface area contributed by atoms with Gasteiger partial charge in [0.25, 0.3) is 0 Å². The molecule has 1 heterocycles. The van der Waals surface area contributed by atoms with Crippen molar-refractivity contribution < 1.29 is 9.59 Å². The van der Waals surface area contributed by atoms with E-state index >= 15 is 0 Å². The van der Waals surface area contributed by atoms with Gasteiger partial charge < -0.3 is 5.32 Å². The van der Waals surface area contributed by atoms with Gasteiger partial charge in [-0.15, -0.1) is 0 Å². The van der Waals surface area contributed by atoms with E-state index in [4.69, 9.17) is 23.2 Å². The van der Waals surface area contributed by atoms with Crippen LogP contribution >= 0.6 is 23.2 Å². The van der Waals surface area contributed by atoms with Gasteiger partial charge >= 0.3 is 0 Å². The van der Waals surface area contributed by atoms with Crippen molar-refractivity contribution in [3.05, 3.63) is 63.6 Å².